The summed E-state index contributed by atoms with van der Waals surface area (Å²) in [5, 5.41) is 0. The average Bonchev–Trinajstić information content (AvgIpc) is 2.84. The highest BCUT2D eigenvalue weighted by Crippen LogP contribution is 2.44. The molecule has 1 heterocycles. The van der Waals surface area contributed by atoms with Crippen molar-refractivity contribution < 1.29 is 4.42 Å². The summed E-state index contributed by atoms with van der Waals surface area (Å²) in [5.74, 6) is 6.37. The predicted octanol–water partition coefficient (Wildman–Crippen LogP) is 2.48. The molecule has 0 saturated heterocycles. The molecule has 3 heteroatoms. The summed E-state index contributed by atoms with van der Waals surface area (Å²) in [5.41, 5.74) is 4.63. The molecule has 1 aliphatic rings. The SMILES string of the molecule is CC1(C)CCCC1C(Cc1ccoc1)NN. The van der Waals surface area contributed by atoms with Gasteiger partial charge in [0.1, 0.15) is 0 Å². The maximum atomic E-state index is 5.71. The van der Waals surface area contributed by atoms with Gasteiger partial charge in [0.05, 0.1) is 12.5 Å². The van der Waals surface area contributed by atoms with Gasteiger partial charge in [-0.05, 0) is 42.2 Å². The third-order valence-electron chi connectivity index (χ3n) is 4.08. The monoisotopic (exact) mass is 222 g/mol. The highest BCUT2D eigenvalue weighted by molar-refractivity contribution is 5.09. The van der Waals surface area contributed by atoms with Crippen LogP contribution < -0.4 is 11.3 Å². The normalized spacial score (nSPS) is 25.8. The zero-order valence-corrected chi connectivity index (χ0v) is 10.2. The van der Waals surface area contributed by atoms with E-state index in [1.807, 2.05) is 12.3 Å². The lowest BCUT2D eigenvalue weighted by Crippen LogP contribution is -2.45. The van der Waals surface area contributed by atoms with Gasteiger partial charge in [-0.25, -0.2) is 0 Å². The van der Waals surface area contributed by atoms with Crippen LogP contribution in [0.1, 0.15) is 38.7 Å². The summed E-state index contributed by atoms with van der Waals surface area (Å²) in [6.45, 7) is 4.70. The van der Waals surface area contributed by atoms with Crippen molar-refractivity contribution >= 4 is 0 Å². The van der Waals surface area contributed by atoms with Crippen LogP contribution in [0.3, 0.4) is 0 Å². The molecule has 0 aliphatic heterocycles. The van der Waals surface area contributed by atoms with Crippen LogP contribution >= 0.6 is 0 Å². The van der Waals surface area contributed by atoms with Crippen LogP contribution in [0.25, 0.3) is 0 Å². The summed E-state index contributed by atoms with van der Waals surface area (Å²) in [7, 11) is 0. The molecule has 0 aromatic carbocycles. The molecule has 0 amide bonds. The molecule has 0 bridgehead atoms. The van der Waals surface area contributed by atoms with E-state index >= 15 is 0 Å². The van der Waals surface area contributed by atoms with Gasteiger partial charge in [-0.1, -0.05) is 20.3 Å². The number of hydrogen-bond donors (Lipinski definition) is 2. The number of nitrogens with two attached hydrogens (primary N) is 1. The third kappa shape index (κ3) is 2.30. The minimum atomic E-state index is 0.357. The van der Waals surface area contributed by atoms with Crippen molar-refractivity contribution in [2.45, 2.75) is 45.6 Å². The molecule has 3 nitrogen and oxygen atoms in total. The molecular formula is C13H22N2O. The minimum absolute atomic E-state index is 0.357. The van der Waals surface area contributed by atoms with Crippen molar-refractivity contribution in [3.8, 4) is 0 Å². The molecule has 1 fully saturated rings. The maximum Gasteiger partial charge on any atom is 0.0935 e. The largest absolute Gasteiger partial charge is 0.472 e. The van der Waals surface area contributed by atoms with E-state index in [2.05, 4.69) is 19.3 Å². The molecule has 16 heavy (non-hydrogen) atoms. The molecule has 0 radical (unpaired) electrons. The van der Waals surface area contributed by atoms with E-state index in [9.17, 15) is 0 Å². The Morgan fingerprint density at radius 2 is 2.44 bits per heavy atom. The molecule has 1 aromatic heterocycles. The quantitative estimate of drug-likeness (QED) is 0.608. The van der Waals surface area contributed by atoms with Gasteiger partial charge in [-0.15, -0.1) is 0 Å². The zero-order chi connectivity index (χ0) is 11.6. The molecule has 1 aromatic rings. The summed E-state index contributed by atoms with van der Waals surface area (Å²) >= 11 is 0. The second-order valence-corrected chi connectivity index (χ2v) is 5.60. The Hall–Kier alpha value is -0.800. The summed E-state index contributed by atoms with van der Waals surface area (Å²) in [6, 6.07) is 2.38. The Morgan fingerprint density at radius 3 is 2.94 bits per heavy atom. The first-order valence-electron chi connectivity index (χ1n) is 6.11. The van der Waals surface area contributed by atoms with Crippen molar-refractivity contribution in [2.75, 3.05) is 0 Å². The highest BCUT2D eigenvalue weighted by Gasteiger charge is 2.39. The Bertz CT molecular complexity index is 319. The Kier molecular flexibility index (Phi) is 3.36. The van der Waals surface area contributed by atoms with Crippen LogP contribution in [0, 0.1) is 11.3 Å². The fourth-order valence-corrected chi connectivity index (χ4v) is 3.08. The second-order valence-electron chi connectivity index (χ2n) is 5.60. The first-order valence-corrected chi connectivity index (χ1v) is 6.11. The van der Waals surface area contributed by atoms with E-state index in [4.69, 9.17) is 10.3 Å². The van der Waals surface area contributed by atoms with Crippen LogP contribution in [0.4, 0.5) is 0 Å². The van der Waals surface area contributed by atoms with Crippen LogP contribution in [-0.2, 0) is 6.42 Å². The Morgan fingerprint density at radius 1 is 1.62 bits per heavy atom. The third-order valence-corrected chi connectivity index (χ3v) is 4.08. The number of hydrazine groups is 1. The van der Waals surface area contributed by atoms with E-state index in [-0.39, 0.29) is 0 Å². The first kappa shape index (κ1) is 11.7. The summed E-state index contributed by atoms with van der Waals surface area (Å²) in [4.78, 5) is 0. The Balaban J connectivity index is 2.05. The predicted molar refractivity (Wildman–Crippen MR) is 64.6 cm³/mol. The molecular weight excluding hydrogens is 200 g/mol. The minimum Gasteiger partial charge on any atom is -0.472 e. The smallest absolute Gasteiger partial charge is 0.0935 e. The van der Waals surface area contributed by atoms with Gasteiger partial charge in [0.2, 0.25) is 0 Å². The summed E-state index contributed by atoms with van der Waals surface area (Å²) in [6.07, 6.45) is 8.40. The van der Waals surface area contributed by atoms with Gasteiger partial charge in [-0.2, -0.15) is 0 Å². The standard InChI is InChI=1S/C13H22N2O/c1-13(2)6-3-4-11(13)12(15-14)8-10-5-7-16-9-10/h5,7,9,11-12,15H,3-4,6,8,14H2,1-2H3. The summed E-state index contributed by atoms with van der Waals surface area (Å²) < 4.78 is 5.11. The topological polar surface area (TPSA) is 51.2 Å². The van der Waals surface area contributed by atoms with Gasteiger partial charge in [0.25, 0.3) is 0 Å². The fraction of sp³-hybridized carbons (Fsp3) is 0.692. The van der Waals surface area contributed by atoms with E-state index < -0.39 is 0 Å². The second kappa shape index (κ2) is 4.60. The van der Waals surface area contributed by atoms with E-state index in [0.717, 1.165) is 6.42 Å². The highest BCUT2D eigenvalue weighted by atomic mass is 16.3. The Labute approximate surface area is 97.4 Å². The van der Waals surface area contributed by atoms with Crippen molar-refractivity contribution in [1.29, 1.82) is 0 Å². The van der Waals surface area contributed by atoms with Crippen molar-refractivity contribution in [3.63, 3.8) is 0 Å². The van der Waals surface area contributed by atoms with E-state index in [1.54, 1.807) is 6.26 Å². The van der Waals surface area contributed by atoms with Crippen molar-refractivity contribution in [3.05, 3.63) is 24.2 Å². The van der Waals surface area contributed by atoms with Gasteiger partial charge < -0.3 is 4.42 Å². The number of nitrogens with one attached hydrogen (secondary N) is 1. The maximum absolute atomic E-state index is 5.71. The van der Waals surface area contributed by atoms with Crippen LogP contribution in [0.2, 0.25) is 0 Å². The molecule has 2 rings (SSSR count). The van der Waals surface area contributed by atoms with Crippen molar-refractivity contribution in [1.82, 2.24) is 5.43 Å². The molecule has 1 saturated carbocycles. The van der Waals surface area contributed by atoms with Crippen LogP contribution in [0.15, 0.2) is 23.0 Å². The lowest BCUT2D eigenvalue weighted by atomic mass is 9.76. The molecule has 2 unspecified atom stereocenters. The van der Waals surface area contributed by atoms with Crippen molar-refractivity contribution in [2.24, 2.45) is 17.2 Å². The van der Waals surface area contributed by atoms with Crippen LogP contribution in [0.5, 0.6) is 0 Å². The lowest BCUT2D eigenvalue weighted by molar-refractivity contribution is 0.196. The number of rotatable bonds is 4. The molecule has 90 valence electrons. The number of furan rings is 1. The first-order chi connectivity index (χ1) is 7.63. The molecule has 3 N–H and O–H groups in total. The molecule has 0 spiro atoms. The molecule has 1 aliphatic carbocycles. The average molecular weight is 222 g/mol. The fourth-order valence-electron chi connectivity index (χ4n) is 3.08. The van der Waals surface area contributed by atoms with E-state index in [1.165, 1.54) is 24.8 Å². The molecule has 2 atom stereocenters. The van der Waals surface area contributed by atoms with Gasteiger partial charge in [0.15, 0.2) is 0 Å². The zero-order valence-electron chi connectivity index (χ0n) is 10.2. The van der Waals surface area contributed by atoms with Gasteiger partial charge >= 0.3 is 0 Å². The van der Waals surface area contributed by atoms with E-state index in [0.29, 0.717) is 17.4 Å². The number of hydrogen-bond acceptors (Lipinski definition) is 3. The lowest BCUT2D eigenvalue weighted by Gasteiger charge is -2.33. The van der Waals surface area contributed by atoms with Crippen LogP contribution in [-0.4, -0.2) is 6.04 Å². The van der Waals surface area contributed by atoms with Gasteiger partial charge in [0, 0.05) is 6.04 Å². The van der Waals surface area contributed by atoms with Gasteiger partial charge in [-0.3, -0.25) is 11.3 Å².